The van der Waals surface area contributed by atoms with E-state index in [2.05, 4.69) is 33.4 Å². The van der Waals surface area contributed by atoms with Crippen LogP contribution >= 0.6 is 15.9 Å². The number of nitrogens with one attached hydrogen (secondary N) is 1. The van der Waals surface area contributed by atoms with Crippen LogP contribution in [0.15, 0.2) is 51.8 Å². The molecule has 1 amide bonds. The monoisotopic (exact) mass is 494 g/mol. The lowest BCUT2D eigenvalue weighted by Gasteiger charge is -2.26. The summed E-state index contributed by atoms with van der Waals surface area (Å²) in [4.78, 5) is 12.9. The number of sulfonamides is 1. The van der Waals surface area contributed by atoms with Crippen LogP contribution < -0.4 is 5.32 Å². The lowest BCUT2D eigenvalue weighted by molar-refractivity contribution is 0.0730. The molecule has 162 valence electrons. The summed E-state index contributed by atoms with van der Waals surface area (Å²) < 4.78 is 33.8. The summed E-state index contributed by atoms with van der Waals surface area (Å²) in [5.41, 5.74) is 2.18. The summed E-state index contributed by atoms with van der Waals surface area (Å²) in [7, 11) is -3.66. The molecule has 1 aliphatic heterocycles. The first-order valence-electron chi connectivity index (χ1n) is 10.0. The van der Waals surface area contributed by atoms with Crippen molar-refractivity contribution >= 4 is 31.9 Å². The van der Waals surface area contributed by atoms with E-state index in [0.717, 1.165) is 17.3 Å². The summed E-state index contributed by atoms with van der Waals surface area (Å²) in [5.74, 6) is -0.267. The van der Waals surface area contributed by atoms with Gasteiger partial charge in [0.2, 0.25) is 10.0 Å². The van der Waals surface area contributed by atoms with Gasteiger partial charge in [0.05, 0.1) is 18.1 Å². The van der Waals surface area contributed by atoms with Crippen molar-refractivity contribution < 1.29 is 17.9 Å². The molecule has 1 atom stereocenters. The fourth-order valence-electron chi connectivity index (χ4n) is 3.36. The van der Waals surface area contributed by atoms with E-state index in [1.165, 1.54) is 15.9 Å². The lowest BCUT2D eigenvalue weighted by Crippen LogP contribution is -2.41. The van der Waals surface area contributed by atoms with Crippen molar-refractivity contribution in [1.29, 1.82) is 0 Å². The SMILES string of the molecule is Cc1ccc(C(=O)NC(C)CCc2ccc(Br)cc2)cc1S(=O)(=O)N1CCOCC1. The van der Waals surface area contributed by atoms with Crippen LogP contribution in [0, 0.1) is 6.92 Å². The minimum atomic E-state index is -3.66. The average molecular weight is 495 g/mol. The lowest BCUT2D eigenvalue weighted by atomic mass is 10.1. The van der Waals surface area contributed by atoms with Crippen LogP contribution in [0.25, 0.3) is 0 Å². The number of carbonyl (C=O) groups is 1. The number of hydrogen-bond acceptors (Lipinski definition) is 4. The first kappa shape index (κ1) is 22.9. The number of aryl methyl sites for hydroxylation is 2. The second kappa shape index (κ2) is 10.0. The number of amides is 1. The third-order valence-electron chi connectivity index (χ3n) is 5.19. The van der Waals surface area contributed by atoms with Gasteiger partial charge in [-0.25, -0.2) is 8.42 Å². The van der Waals surface area contributed by atoms with Crippen molar-refractivity contribution in [3.05, 3.63) is 63.6 Å². The molecule has 3 rings (SSSR count). The molecule has 0 aliphatic carbocycles. The predicted octanol–water partition coefficient (Wildman–Crippen LogP) is 3.53. The molecular formula is C22H27BrN2O4S. The average Bonchev–Trinajstić information content (AvgIpc) is 2.74. The third-order valence-corrected chi connectivity index (χ3v) is 7.76. The number of rotatable bonds is 7. The van der Waals surface area contributed by atoms with Gasteiger partial charge in [-0.15, -0.1) is 0 Å². The van der Waals surface area contributed by atoms with Gasteiger partial charge in [-0.1, -0.05) is 34.1 Å². The molecule has 6 nitrogen and oxygen atoms in total. The summed E-state index contributed by atoms with van der Waals surface area (Å²) in [5, 5.41) is 2.98. The number of halogens is 1. The number of nitrogens with zero attached hydrogens (tertiary/aromatic N) is 1. The van der Waals surface area contributed by atoms with E-state index in [1.54, 1.807) is 19.1 Å². The highest BCUT2D eigenvalue weighted by atomic mass is 79.9. The molecule has 8 heteroatoms. The number of ether oxygens (including phenoxy) is 1. The van der Waals surface area contributed by atoms with Gasteiger partial charge >= 0.3 is 0 Å². The summed E-state index contributed by atoms with van der Waals surface area (Å²) in [6.45, 7) is 5.12. The minimum absolute atomic E-state index is 0.0400. The van der Waals surface area contributed by atoms with Crippen molar-refractivity contribution in [2.24, 2.45) is 0 Å². The van der Waals surface area contributed by atoms with Crippen molar-refractivity contribution in [1.82, 2.24) is 9.62 Å². The molecule has 0 aromatic heterocycles. The normalized spacial score (nSPS) is 16.2. The van der Waals surface area contributed by atoms with Crippen LogP contribution in [0.2, 0.25) is 0 Å². The Morgan fingerprint density at radius 3 is 2.50 bits per heavy atom. The van der Waals surface area contributed by atoms with Gasteiger partial charge in [-0.3, -0.25) is 4.79 Å². The Morgan fingerprint density at radius 2 is 1.83 bits per heavy atom. The van der Waals surface area contributed by atoms with Gasteiger partial charge in [-0.05, 0) is 62.1 Å². The zero-order valence-corrected chi connectivity index (χ0v) is 19.6. The van der Waals surface area contributed by atoms with E-state index in [-0.39, 0.29) is 16.8 Å². The van der Waals surface area contributed by atoms with Crippen LogP contribution in [0.4, 0.5) is 0 Å². The molecule has 0 radical (unpaired) electrons. The number of morpholine rings is 1. The smallest absolute Gasteiger partial charge is 0.251 e. The Hall–Kier alpha value is -1.74. The van der Waals surface area contributed by atoms with Crippen molar-refractivity contribution in [2.75, 3.05) is 26.3 Å². The summed E-state index contributed by atoms with van der Waals surface area (Å²) in [6, 6.07) is 12.9. The van der Waals surface area contributed by atoms with E-state index in [4.69, 9.17) is 4.74 Å². The highest BCUT2D eigenvalue weighted by molar-refractivity contribution is 9.10. The maximum absolute atomic E-state index is 13.0. The Balaban J connectivity index is 1.67. The van der Waals surface area contributed by atoms with Crippen molar-refractivity contribution in [3.8, 4) is 0 Å². The van der Waals surface area contributed by atoms with Gasteiger partial charge in [-0.2, -0.15) is 4.31 Å². The van der Waals surface area contributed by atoms with Crippen LogP contribution in [-0.2, 0) is 21.2 Å². The van der Waals surface area contributed by atoms with E-state index in [1.807, 2.05) is 19.1 Å². The van der Waals surface area contributed by atoms with Crippen LogP contribution in [0.1, 0.15) is 34.8 Å². The fraction of sp³-hybridized carbons (Fsp3) is 0.409. The van der Waals surface area contributed by atoms with E-state index < -0.39 is 10.0 Å². The van der Waals surface area contributed by atoms with Gasteiger partial charge in [0.15, 0.2) is 0 Å². The maximum atomic E-state index is 13.0. The Kier molecular flexibility index (Phi) is 7.68. The van der Waals surface area contributed by atoms with Gasteiger partial charge in [0, 0.05) is 29.2 Å². The molecule has 1 fully saturated rings. The van der Waals surface area contributed by atoms with Gasteiger partial charge in [0.1, 0.15) is 0 Å². The molecule has 1 N–H and O–H groups in total. The Labute approximate surface area is 186 Å². The molecule has 1 saturated heterocycles. The molecule has 1 heterocycles. The fourth-order valence-corrected chi connectivity index (χ4v) is 5.28. The van der Waals surface area contributed by atoms with Crippen molar-refractivity contribution in [2.45, 2.75) is 37.6 Å². The molecule has 2 aromatic rings. The molecule has 1 unspecified atom stereocenters. The minimum Gasteiger partial charge on any atom is -0.379 e. The van der Waals surface area contributed by atoms with Gasteiger partial charge in [0.25, 0.3) is 5.91 Å². The molecule has 1 aliphatic rings. The topological polar surface area (TPSA) is 75.7 Å². The van der Waals surface area contributed by atoms with Crippen LogP contribution in [-0.4, -0.2) is 51.0 Å². The summed E-state index contributed by atoms with van der Waals surface area (Å²) >= 11 is 3.43. The molecule has 30 heavy (non-hydrogen) atoms. The molecular weight excluding hydrogens is 468 g/mol. The quantitative estimate of drug-likeness (QED) is 0.638. The highest BCUT2D eigenvalue weighted by Crippen LogP contribution is 2.22. The Bertz CT molecular complexity index is 987. The largest absolute Gasteiger partial charge is 0.379 e. The first-order valence-corrected chi connectivity index (χ1v) is 12.2. The van der Waals surface area contributed by atoms with Crippen LogP contribution in [0.3, 0.4) is 0 Å². The van der Waals surface area contributed by atoms with Crippen molar-refractivity contribution in [3.63, 3.8) is 0 Å². The maximum Gasteiger partial charge on any atom is 0.251 e. The summed E-state index contributed by atoms with van der Waals surface area (Å²) in [6.07, 6.45) is 1.64. The molecule has 0 spiro atoms. The molecule has 0 bridgehead atoms. The van der Waals surface area contributed by atoms with Gasteiger partial charge < -0.3 is 10.1 Å². The zero-order valence-electron chi connectivity index (χ0n) is 17.2. The Morgan fingerprint density at radius 1 is 1.17 bits per heavy atom. The second-order valence-electron chi connectivity index (χ2n) is 7.54. The first-order chi connectivity index (χ1) is 14.3. The number of benzene rings is 2. The number of hydrogen-bond donors (Lipinski definition) is 1. The van der Waals surface area contributed by atoms with E-state index in [0.29, 0.717) is 37.4 Å². The van der Waals surface area contributed by atoms with E-state index >= 15 is 0 Å². The standard InChI is InChI=1S/C22H27BrN2O4S/c1-16-3-8-19(15-21(16)30(27,28)25-11-13-29-14-12-25)22(26)24-17(2)4-5-18-6-9-20(23)10-7-18/h3,6-10,15,17H,4-5,11-14H2,1-2H3,(H,24,26). The number of carbonyl (C=O) groups excluding carboxylic acids is 1. The highest BCUT2D eigenvalue weighted by Gasteiger charge is 2.28. The second-order valence-corrected chi connectivity index (χ2v) is 10.4. The molecule has 0 saturated carbocycles. The zero-order chi connectivity index (χ0) is 21.7. The third kappa shape index (κ3) is 5.69. The predicted molar refractivity (Wildman–Crippen MR) is 120 cm³/mol. The molecule has 2 aromatic carbocycles. The van der Waals surface area contributed by atoms with E-state index in [9.17, 15) is 13.2 Å². The van der Waals surface area contributed by atoms with Crippen LogP contribution in [0.5, 0.6) is 0 Å².